The van der Waals surface area contributed by atoms with Crippen LogP contribution in [0.15, 0.2) is 42.5 Å². The average molecular weight is 478 g/mol. The summed E-state index contributed by atoms with van der Waals surface area (Å²) in [5.74, 6) is -0.382. The van der Waals surface area contributed by atoms with Crippen LogP contribution in [0, 0.1) is 0 Å². The molecule has 34 heavy (non-hydrogen) atoms. The van der Waals surface area contributed by atoms with Crippen LogP contribution in [0.25, 0.3) is 10.8 Å². The molecule has 0 unspecified atom stereocenters. The van der Waals surface area contributed by atoms with Crippen molar-refractivity contribution in [2.24, 2.45) is 0 Å². The molecule has 0 radical (unpaired) electrons. The van der Waals surface area contributed by atoms with Crippen LogP contribution in [0.5, 0.6) is 0 Å². The first-order chi connectivity index (χ1) is 16.6. The summed E-state index contributed by atoms with van der Waals surface area (Å²) in [7, 11) is 0. The maximum Gasteiger partial charge on any atom is 0.341 e. The van der Waals surface area contributed by atoms with Gasteiger partial charge in [-0.1, -0.05) is 42.5 Å². The van der Waals surface area contributed by atoms with Gasteiger partial charge in [-0.2, -0.15) is 0 Å². The zero-order valence-electron chi connectivity index (χ0n) is 19.6. The number of hydrogen-bond acceptors (Lipinski definition) is 6. The average Bonchev–Trinajstić information content (AvgIpc) is 3.41. The predicted molar refractivity (Wildman–Crippen MR) is 137 cm³/mol. The highest BCUT2D eigenvalue weighted by Crippen LogP contribution is 2.39. The van der Waals surface area contributed by atoms with E-state index in [0.29, 0.717) is 23.7 Å². The second-order valence-electron chi connectivity index (χ2n) is 9.02. The SMILES string of the molecule is CCOC(=O)c1c(NC(=O)CN2CCN(Cc3cccc4ccccc34)CC2)sc2c1CCC2. The van der Waals surface area contributed by atoms with Crippen molar-refractivity contribution in [2.75, 3.05) is 44.6 Å². The van der Waals surface area contributed by atoms with E-state index in [0.717, 1.165) is 57.5 Å². The van der Waals surface area contributed by atoms with Crippen LogP contribution in [0.2, 0.25) is 0 Å². The second-order valence-corrected chi connectivity index (χ2v) is 10.1. The fraction of sp³-hybridized carbons (Fsp3) is 0.407. The third kappa shape index (κ3) is 4.87. The molecule has 6 nitrogen and oxygen atoms in total. The molecule has 2 aliphatic rings. The van der Waals surface area contributed by atoms with E-state index < -0.39 is 0 Å². The molecule has 1 saturated heterocycles. The van der Waals surface area contributed by atoms with Crippen molar-refractivity contribution in [1.29, 1.82) is 0 Å². The van der Waals surface area contributed by atoms with E-state index in [1.807, 2.05) is 6.92 Å². The maximum absolute atomic E-state index is 12.8. The summed E-state index contributed by atoms with van der Waals surface area (Å²) in [5.41, 5.74) is 3.00. The van der Waals surface area contributed by atoms with Gasteiger partial charge in [-0.05, 0) is 48.1 Å². The molecule has 1 aliphatic carbocycles. The number of nitrogens with zero attached hydrogens (tertiary/aromatic N) is 2. The third-order valence-corrected chi connectivity index (χ3v) is 7.97. The Balaban J connectivity index is 1.17. The van der Waals surface area contributed by atoms with Gasteiger partial charge in [0.1, 0.15) is 5.00 Å². The minimum atomic E-state index is -0.320. The van der Waals surface area contributed by atoms with Crippen molar-refractivity contribution in [1.82, 2.24) is 9.80 Å². The smallest absolute Gasteiger partial charge is 0.341 e. The zero-order valence-corrected chi connectivity index (χ0v) is 20.5. The lowest BCUT2D eigenvalue weighted by Crippen LogP contribution is -2.48. The van der Waals surface area contributed by atoms with Gasteiger partial charge < -0.3 is 10.1 Å². The summed E-state index contributed by atoms with van der Waals surface area (Å²) in [6.45, 7) is 6.96. The van der Waals surface area contributed by atoms with E-state index in [9.17, 15) is 9.59 Å². The van der Waals surface area contributed by atoms with Crippen molar-refractivity contribution in [2.45, 2.75) is 32.7 Å². The van der Waals surface area contributed by atoms with Gasteiger partial charge in [0, 0.05) is 37.6 Å². The molecule has 2 aromatic carbocycles. The number of aryl methyl sites for hydroxylation is 1. The number of anilines is 1. The van der Waals surface area contributed by atoms with Crippen LogP contribution in [-0.4, -0.2) is 61.0 Å². The number of thiophene rings is 1. The van der Waals surface area contributed by atoms with Crippen molar-refractivity contribution >= 4 is 39.0 Å². The Morgan fingerprint density at radius 1 is 1.00 bits per heavy atom. The summed E-state index contributed by atoms with van der Waals surface area (Å²) >= 11 is 1.54. The number of fused-ring (bicyclic) bond motifs is 2. The number of carbonyl (C=O) groups is 2. The highest BCUT2D eigenvalue weighted by molar-refractivity contribution is 7.17. The van der Waals surface area contributed by atoms with E-state index in [1.165, 1.54) is 32.5 Å². The summed E-state index contributed by atoms with van der Waals surface area (Å²) < 4.78 is 5.27. The van der Waals surface area contributed by atoms with Crippen molar-refractivity contribution < 1.29 is 14.3 Å². The fourth-order valence-corrected chi connectivity index (χ4v) is 6.35. The van der Waals surface area contributed by atoms with E-state index in [2.05, 4.69) is 57.6 Å². The van der Waals surface area contributed by atoms with Gasteiger partial charge >= 0.3 is 5.97 Å². The highest BCUT2D eigenvalue weighted by atomic mass is 32.1. The van der Waals surface area contributed by atoms with Gasteiger partial charge in [-0.15, -0.1) is 11.3 Å². The number of amides is 1. The molecule has 1 amide bonds. The molecule has 0 spiro atoms. The molecular weight excluding hydrogens is 446 g/mol. The number of esters is 1. The molecule has 3 aromatic rings. The van der Waals surface area contributed by atoms with Crippen LogP contribution < -0.4 is 5.32 Å². The quantitative estimate of drug-likeness (QED) is 0.514. The number of rotatable bonds is 7. The highest BCUT2D eigenvalue weighted by Gasteiger charge is 2.29. The van der Waals surface area contributed by atoms with Crippen molar-refractivity contribution in [3.63, 3.8) is 0 Å². The zero-order chi connectivity index (χ0) is 23.5. The van der Waals surface area contributed by atoms with Crippen molar-refractivity contribution in [3.8, 4) is 0 Å². The number of nitrogens with one attached hydrogen (secondary N) is 1. The predicted octanol–water partition coefficient (Wildman–Crippen LogP) is 4.32. The van der Waals surface area contributed by atoms with Gasteiger partial charge in [0.25, 0.3) is 0 Å². The normalized spacial score (nSPS) is 16.5. The van der Waals surface area contributed by atoms with Crippen LogP contribution in [0.4, 0.5) is 5.00 Å². The Morgan fingerprint density at radius 2 is 1.76 bits per heavy atom. The van der Waals surface area contributed by atoms with E-state index >= 15 is 0 Å². The lowest BCUT2D eigenvalue weighted by Gasteiger charge is -2.34. The Hall–Kier alpha value is -2.74. The lowest BCUT2D eigenvalue weighted by molar-refractivity contribution is -0.117. The minimum Gasteiger partial charge on any atom is -0.462 e. The Labute approximate surface area is 204 Å². The molecule has 0 saturated carbocycles. The van der Waals surface area contributed by atoms with Crippen LogP contribution in [-0.2, 0) is 28.9 Å². The topological polar surface area (TPSA) is 61.9 Å². The fourth-order valence-electron chi connectivity index (χ4n) is 5.06. The molecular formula is C27H31N3O3S. The summed E-state index contributed by atoms with van der Waals surface area (Å²) in [4.78, 5) is 31.3. The first kappa shape index (κ1) is 23.0. The molecule has 1 aromatic heterocycles. The number of benzene rings is 2. The molecule has 178 valence electrons. The first-order valence-electron chi connectivity index (χ1n) is 12.1. The van der Waals surface area contributed by atoms with Gasteiger partial charge in [0.2, 0.25) is 5.91 Å². The number of hydrogen-bond donors (Lipinski definition) is 1. The molecule has 1 aliphatic heterocycles. The van der Waals surface area contributed by atoms with E-state index in [1.54, 1.807) is 0 Å². The Kier molecular flexibility index (Phi) is 6.94. The summed E-state index contributed by atoms with van der Waals surface area (Å²) in [5, 5.41) is 6.26. The number of carbonyl (C=O) groups excluding carboxylic acids is 2. The van der Waals surface area contributed by atoms with Gasteiger partial charge in [0.15, 0.2) is 0 Å². The van der Waals surface area contributed by atoms with Gasteiger partial charge in [-0.25, -0.2) is 4.79 Å². The molecule has 7 heteroatoms. The van der Waals surface area contributed by atoms with Crippen molar-refractivity contribution in [3.05, 3.63) is 64.0 Å². The van der Waals surface area contributed by atoms with Crippen LogP contribution in [0.1, 0.15) is 39.7 Å². The lowest BCUT2D eigenvalue weighted by atomic mass is 10.0. The number of piperazine rings is 1. The van der Waals surface area contributed by atoms with Gasteiger partial charge in [0.05, 0.1) is 18.7 Å². The van der Waals surface area contributed by atoms with E-state index in [4.69, 9.17) is 4.74 Å². The second kappa shape index (κ2) is 10.3. The van der Waals surface area contributed by atoms with Gasteiger partial charge in [-0.3, -0.25) is 14.6 Å². The monoisotopic (exact) mass is 477 g/mol. The van der Waals surface area contributed by atoms with Crippen LogP contribution >= 0.6 is 11.3 Å². The minimum absolute atomic E-state index is 0.0621. The molecule has 0 bridgehead atoms. The number of ether oxygens (including phenoxy) is 1. The maximum atomic E-state index is 12.8. The summed E-state index contributed by atoms with van der Waals surface area (Å²) in [6.07, 6.45) is 2.92. The van der Waals surface area contributed by atoms with E-state index in [-0.39, 0.29) is 11.9 Å². The standard InChI is InChI=1S/C27H31N3O3S/c1-2-33-27(32)25-22-11-6-12-23(22)34-26(25)28-24(31)18-30-15-13-29(14-16-30)17-20-9-5-8-19-7-3-4-10-21(19)20/h3-5,7-10H,2,6,11-18H2,1H3,(H,28,31). The largest absolute Gasteiger partial charge is 0.462 e. The summed E-state index contributed by atoms with van der Waals surface area (Å²) in [6, 6.07) is 15.0. The third-order valence-electron chi connectivity index (χ3n) is 6.76. The molecule has 2 heterocycles. The Morgan fingerprint density at radius 3 is 2.59 bits per heavy atom. The first-order valence-corrected chi connectivity index (χ1v) is 13.0. The molecule has 0 atom stereocenters. The van der Waals surface area contributed by atoms with Crippen LogP contribution in [0.3, 0.4) is 0 Å². The molecule has 5 rings (SSSR count). The molecule has 1 N–H and O–H groups in total. The Bertz CT molecular complexity index is 1190. The molecule has 1 fully saturated rings.